The molecule has 176 valence electrons. The van der Waals surface area contributed by atoms with Crippen molar-refractivity contribution in [2.75, 3.05) is 0 Å². The zero-order valence-corrected chi connectivity index (χ0v) is 19.4. The Bertz CT molecular complexity index is 1150. The number of aliphatic hydroxyl groups is 1. The number of carbonyl (C=O) groups excluding carboxylic acids is 2. The molecular formula is C25H28N6O3. The highest BCUT2D eigenvalue weighted by Gasteiger charge is 2.44. The maximum Gasteiger partial charge on any atom is 0.250 e. The van der Waals surface area contributed by atoms with E-state index in [-0.39, 0.29) is 23.6 Å². The fourth-order valence-corrected chi connectivity index (χ4v) is 4.38. The molecule has 0 spiro atoms. The molecule has 0 radical (unpaired) electrons. The molecule has 1 aliphatic heterocycles. The number of aliphatic hydroxyl groups excluding tert-OH is 1. The Labute approximate surface area is 198 Å². The van der Waals surface area contributed by atoms with Gasteiger partial charge in [-0.2, -0.15) is 5.21 Å². The van der Waals surface area contributed by atoms with Crippen LogP contribution in [0.3, 0.4) is 0 Å². The first-order valence-corrected chi connectivity index (χ1v) is 11.2. The topological polar surface area (TPSA) is 115 Å². The second-order valence-corrected chi connectivity index (χ2v) is 8.68. The van der Waals surface area contributed by atoms with Crippen molar-refractivity contribution in [3.05, 3.63) is 83.8 Å². The van der Waals surface area contributed by atoms with E-state index < -0.39 is 18.2 Å². The molecule has 2 aromatic carbocycles. The van der Waals surface area contributed by atoms with Crippen molar-refractivity contribution in [1.29, 1.82) is 0 Å². The van der Waals surface area contributed by atoms with Gasteiger partial charge in [0.25, 0.3) is 5.91 Å². The molecule has 3 unspecified atom stereocenters. The average Bonchev–Trinajstić information content (AvgIpc) is 3.38. The smallest absolute Gasteiger partial charge is 0.250 e. The van der Waals surface area contributed by atoms with E-state index in [0.717, 1.165) is 11.1 Å². The SMILES string of the molecule is CC(=O)N1C=C(c2ccccc2)N(C(Cc2ccccc2)C(O)c2nn[nH]n2)C(=O)C1C(C)C. The van der Waals surface area contributed by atoms with Crippen LogP contribution in [-0.2, 0) is 16.0 Å². The predicted octanol–water partition coefficient (Wildman–Crippen LogP) is 2.56. The normalized spacial score (nSPS) is 18.1. The van der Waals surface area contributed by atoms with Gasteiger partial charge in [-0.15, -0.1) is 10.2 Å². The van der Waals surface area contributed by atoms with Gasteiger partial charge in [0.15, 0.2) is 0 Å². The summed E-state index contributed by atoms with van der Waals surface area (Å²) < 4.78 is 0. The molecule has 0 saturated heterocycles. The van der Waals surface area contributed by atoms with E-state index >= 15 is 0 Å². The van der Waals surface area contributed by atoms with Crippen LogP contribution in [-0.4, -0.2) is 59.4 Å². The van der Waals surface area contributed by atoms with E-state index in [4.69, 9.17) is 0 Å². The van der Waals surface area contributed by atoms with Crippen LogP contribution in [0.1, 0.15) is 43.8 Å². The fourth-order valence-electron chi connectivity index (χ4n) is 4.38. The maximum atomic E-state index is 14.1. The summed E-state index contributed by atoms with van der Waals surface area (Å²) in [5.41, 5.74) is 2.22. The highest BCUT2D eigenvalue weighted by Crippen LogP contribution is 2.36. The van der Waals surface area contributed by atoms with Gasteiger partial charge in [0.2, 0.25) is 11.7 Å². The first-order chi connectivity index (χ1) is 16.4. The number of hydrogen-bond acceptors (Lipinski definition) is 6. The molecule has 2 N–H and O–H groups in total. The molecule has 1 aliphatic rings. The Morgan fingerprint density at radius 2 is 1.74 bits per heavy atom. The minimum Gasteiger partial charge on any atom is -0.383 e. The van der Waals surface area contributed by atoms with Crippen LogP contribution in [0.25, 0.3) is 5.70 Å². The second-order valence-electron chi connectivity index (χ2n) is 8.68. The van der Waals surface area contributed by atoms with Crippen molar-refractivity contribution in [3.8, 4) is 0 Å². The third-order valence-electron chi connectivity index (χ3n) is 5.99. The van der Waals surface area contributed by atoms with Gasteiger partial charge in [0.05, 0.1) is 11.7 Å². The van der Waals surface area contributed by atoms with Crippen LogP contribution < -0.4 is 0 Å². The summed E-state index contributed by atoms with van der Waals surface area (Å²) in [5.74, 6) is -0.545. The molecular weight excluding hydrogens is 432 g/mol. The number of carbonyl (C=O) groups is 2. The number of hydrogen-bond donors (Lipinski definition) is 2. The van der Waals surface area contributed by atoms with Gasteiger partial charge in [-0.05, 0) is 23.5 Å². The number of tetrazole rings is 1. The van der Waals surface area contributed by atoms with Crippen LogP contribution in [0.4, 0.5) is 0 Å². The predicted molar refractivity (Wildman–Crippen MR) is 125 cm³/mol. The largest absolute Gasteiger partial charge is 0.383 e. The number of amides is 2. The number of benzene rings is 2. The van der Waals surface area contributed by atoms with Gasteiger partial charge in [-0.3, -0.25) is 9.59 Å². The number of aromatic nitrogens is 4. The third kappa shape index (κ3) is 4.60. The Balaban J connectivity index is 1.89. The quantitative estimate of drug-likeness (QED) is 0.560. The number of H-pyrrole nitrogens is 1. The number of nitrogens with zero attached hydrogens (tertiary/aromatic N) is 5. The van der Waals surface area contributed by atoms with Gasteiger partial charge < -0.3 is 14.9 Å². The van der Waals surface area contributed by atoms with Crippen molar-refractivity contribution in [2.24, 2.45) is 5.92 Å². The summed E-state index contributed by atoms with van der Waals surface area (Å²) in [5, 5.41) is 25.3. The van der Waals surface area contributed by atoms with Crippen molar-refractivity contribution >= 4 is 17.5 Å². The van der Waals surface area contributed by atoms with Crippen LogP contribution in [0.5, 0.6) is 0 Å². The molecule has 9 heteroatoms. The molecule has 34 heavy (non-hydrogen) atoms. The van der Waals surface area contributed by atoms with Gasteiger partial charge in [-0.25, -0.2) is 0 Å². The minimum absolute atomic E-state index is 0.0937. The second kappa shape index (κ2) is 9.96. The molecule has 0 saturated carbocycles. The zero-order chi connectivity index (χ0) is 24.2. The first-order valence-electron chi connectivity index (χ1n) is 11.2. The van der Waals surface area contributed by atoms with Crippen molar-refractivity contribution in [2.45, 2.75) is 45.4 Å². The third-order valence-corrected chi connectivity index (χ3v) is 5.99. The number of nitrogens with one attached hydrogen (secondary N) is 1. The van der Waals surface area contributed by atoms with Crippen molar-refractivity contribution in [3.63, 3.8) is 0 Å². The Morgan fingerprint density at radius 3 is 2.29 bits per heavy atom. The lowest BCUT2D eigenvalue weighted by molar-refractivity contribution is -0.146. The molecule has 3 atom stereocenters. The van der Waals surface area contributed by atoms with Crippen LogP contribution in [0, 0.1) is 5.92 Å². The monoisotopic (exact) mass is 460 g/mol. The number of aromatic amines is 1. The van der Waals surface area contributed by atoms with Crippen molar-refractivity contribution in [1.82, 2.24) is 30.4 Å². The van der Waals surface area contributed by atoms with E-state index in [0.29, 0.717) is 12.1 Å². The van der Waals surface area contributed by atoms with E-state index in [1.807, 2.05) is 74.5 Å². The van der Waals surface area contributed by atoms with Gasteiger partial charge in [0, 0.05) is 13.1 Å². The number of rotatable bonds is 7. The lowest BCUT2D eigenvalue weighted by atomic mass is 9.92. The van der Waals surface area contributed by atoms with E-state index in [1.165, 1.54) is 11.8 Å². The van der Waals surface area contributed by atoms with Gasteiger partial charge in [-0.1, -0.05) is 79.7 Å². The van der Waals surface area contributed by atoms with Crippen molar-refractivity contribution < 1.29 is 14.7 Å². The summed E-state index contributed by atoms with van der Waals surface area (Å²) in [6.07, 6.45) is 0.842. The van der Waals surface area contributed by atoms with Gasteiger partial charge in [0.1, 0.15) is 12.1 Å². The average molecular weight is 461 g/mol. The molecule has 0 aliphatic carbocycles. The molecule has 9 nitrogen and oxygen atoms in total. The Morgan fingerprint density at radius 1 is 1.09 bits per heavy atom. The highest BCUT2D eigenvalue weighted by molar-refractivity contribution is 5.97. The van der Waals surface area contributed by atoms with Crippen LogP contribution in [0.2, 0.25) is 0 Å². The molecule has 1 aromatic heterocycles. The fraction of sp³-hybridized carbons (Fsp3) is 0.320. The molecule has 3 aromatic rings. The standard InChI is InChI=1S/C25H28N6O3/c1-16(2)22-25(34)31(21(15-30(22)17(3)32)19-12-8-5-9-13-19)20(14-18-10-6-4-7-11-18)23(33)24-26-28-29-27-24/h4-13,15-16,20,22-23,33H,14H2,1-3H3,(H,26,27,28,29). The lowest BCUT2D eigenvalue weighted by Gasteiger charge is -2.45. The summed E-state index contributed by atoms with van der Waals surface area (Å²) >= 11 is 0. The summed E-state index contributed by atoms with van der Waals surface area (Å²) in [6.45, 7) is 5.26. The first kappa shape index (κ1) is 23.3. The van der Waals surface area contributed by atoms with Crippen LogP contribution in [0.15, 0.2) is 66.9 Å². The lowest BCUT2D eigenvalue weighted by Crippen LogP contribution is -2.58. The maximum absolute atomic E-state index is 14.1. The summed E-state index contributed by atoms with van der Waals surface area (Å²) in [6, 6.07) is 17.5. The van der Waals surface area contributed by atoms with Crippen LogP contribution >= 0.6 is 0 Å². The molecule has 4 rings (SSSR count). The minimum atomic E-state index is -1.22. The van der Waals surface area contributed by atoms with E-state index in [2.05, 4.69) is 20.6 Å². The molecule has 2 heterocycles. The Kier molecular flexibility index (Phi) is 6.83. The molecule has 0 bridgehead atoms. The molecule has 0 fully saturated rings. The molecule has 2 amide bonds. The summed E-state index contributed by atoms with van der Waals surface area (Å²) in [4.78, 5) is 29.7. The Hall–Kier alpha value is -3.85. The van der Waals surface area contributed by atoms with Gasteiger partial charge >= 0.3 is 0 Å². The van der Waals surface area contributed by atoms with E-state index in [9.17, 15) is 14.7 Å². The zero-order valence-electron chi connectivity index (χ0n) is 19.4. The summed E-state index contributed by atoms with van der Waals surface area (Å²) in [7, 11) is 0. The van der Waals surface area contributed by atoms with E-state index in [1.54, 1.807) is 11.1 Å². The highest BCUT2D eigenvalue weighted by atomic mass is 16.3.